The summed E-state index contributed by atoms with van der Waals surface area (Å²) in [5.41, 5.74) is 2.59. The fourth-order valence-corrected chi connectivity index (χ4v) is 3.81. The maximum absolute atomic E-state index is 12.5. The number of carbonyl (C=O) groups excluding carboxylic acids is 2. The zero-order valence-corrected chi connectivity index (χ0v) is 20.2. The summed E-state index contributed by atoms with van der Waals surface area (Å²) in [5.74, 6) is 1.77. The minimum absolute atomic E-state index is 0.0913. The zero-order valence-electron chi connectivity index (χ0n) is 20.2. The van der Waals surface area contributed by atoms with E-state index in [1.165, 1.54) is 0 Å². The molecule has 35 heavy (non-hydrogen) atoms. The van der Waals surface area contributed by atoms with Crippen molar-refractivity contribution in [2.75, 3.05) is 18.4 Å². The highest BCUT2D eigenvalue weighted by Gasteiger charge is 2.15. The van der Waals surface area contributed by atoms with Crippen LogP contribution in [0.1, 0.15) is 49.3 Å². The van der Waals surface area contributed by atoms with Gasteiger partial charge in [0.25, 0.3) is 0 Å². The van der Waals surface area contributed by atoms with E-state index in [9.17, 15) is 9.59 Å². The van der Waals surface area contributed by atoms with Crippen LogP contribution in [-0.2, 0) is 4.79 Å². The van der Waals surface area contributed by atoms with Crippen LogP contribution < -0.4 is 15.4 Å². The number of amides is 1. The van der Waals surface area contributed by atoms with Crippen molar-refractivity contribution in [3.63, 3.8) is 0 Å². The molecule has 0 atom stereocenters. The maximum Gasteiger partial charge on any atom is 0.343 e. The van der Waals surface area contributed by atoms with Gasteiger partial charge in [0.05, 0.1) is 16.6 Å². The molecule has 0 aliphatic heterocycles. The lowest BCUT2D eigenvalue weighted by atomic mass is 10.1. The second kappa shape index (κ2) is 10.9. The highest BCUT2D eigenvalue weighted by molar-refractivity contribution is 5.92. The molecule has 9 heteroatoms. The average Bonchev–Trinajstić information content (AvgIpc) is 3.23. The molecule has 0 radical (unpaired) electrons. The highest BCUT2D eigenvalue weighted by Crippen LogP contribution is 2.25. The van der Waals surface area contributed by atoms with Gasteiger partial charge in [-0.1, -0.05) is 32.0 Å². The second-order valence-electron chi connectivity index (χ2n) is 8.85. The van der Waals surface area contributed by atoms with Crippen LogP contribution in [0.25, 0.3) is 16.7 Å². The van der Waals surface area contributed by atoms with Crippen LogP contribution >= 0.6 is 0 Å². The van der Waals surface area contributed by atoms with Crippen LogP contribution in [0, 0.1) is 12.8 Å². The zero-order chi connectivity index (χ0) is 24.8. The minimum Gasteiger partial charge on any atom is -0.423 e. The molecule has 0 aliphatic rings. The third-order valence-electron chi connectivity index (χ3n) is 5.49. The number of unbranched alkanes of at least 4 members (excludes halogenated alkanes) is 1. The number of hydrogen-bond acceptors (Lipinski definition) is 7. The van der Waals surface area contributed by atoms with Crippen molar-refractivity contribution in [3.05, 3.63) is 59.9 Å². The topological polar surface area (TPSA) is 111 Å². The van der Waals surface area contributed by atoms with Gasteiger partial charge in [-0.2, -0.15) is 0 Å². The summed E-state index contributed by atoms with van der Waals surface area (Å²) >= 11 is 0. The quantitative estimate of drug-likeness (QED) is 0.202. The Morgan fingerprint density at radius 1 is 1.03 bits per heavy atom. The molecule has 0 bridgehead atoms. The molecule has 0 spiro atoms. The van der Waals surface area contributed by atoms with E-state index in [4.69, 9.17) is 9.72 Å². The largest absolute Gasteiger partial charge is 0.423 e. The van der Waals surface area contributed by atoms with Crippen molar-refractivity contribution in [2.24, 2.45) is 5.92 Å². The number of ether oxygens (including phenoxy) is 1. The number of carbonyl (C=O) groups is 2. The third-order valence-corrected chi connectivity index (χ3v) is 5.49. The molecule has 0 aliphatic carbocycles. The van der Waals surface area contributed by atoms with Gasteiger partial charge < -0.3 is 15.4 Å². The Morgan fingerprint density at radius 2 is 1.80 bits per heavy atom. The van der Waals surface area contributed by atoms with Crippen LogP contribution in [0.3, 0.4) is 0 Å². The second-order valence-corrected chi connectivity index (χ2v) is 8.85. The third kappa shape index (κ3) is 5.92. The van der Waals surface area contributed by atoms with Crippen molar-refractivity contribution < 1.29 is 14.3 Å². The summed E-state index contributed by atoms with van der Waals surface area (Å²) < 4.78 is 7.50. The number of nitrogens with one attached hydrogen (secondary N) is 2. The van der Waals surface area contributed by atoms with Crippen LogP contribution in [0.5, 0.6) is 5.75 Å². The number of anilines is 1. The molecule has 0 fully saturated rings. The Balaban J connectivity index is 1.46. The molecule has 2 heterocycles. The predicted molar refractivity (Wildman–Crippen MR) is 135 cm³/mol. The molecule has 0 unspecified atom stereocenters. The first-order chi connectivity index (χ1) is 16.9. The Morgan fingerprint density at radius 3 is 2.57 bits per heavy atom. The summed E-state index contributed by atoms with van der Waals surface area (Å²) in [7, 11) is 0. The molecule has 1 amide bonds. The Kier molecular flexibility index (Phi) is 7.54. The van der Waals surface area contributed by atoms with E-state index in [0.717, 1.165) is 24.2 Å². The number of aryl methyl sites for hydroxylation is 1. The lowest BCUT2D eigenvalue weighted by Gasteiger charge is -2.11. The monoisotopic (exact) mass is 474 g/mol. The van der Waals surface area contributed by atoms with E-state index in [0.29, 0.717) is 53.7 Å². The average molecular weight is 475 g/mol. The van der Waals surface area contributed by atoms with E-state index >= 15 is 0 Å². The van der Waals surface area contributed by atoms with Gasteiger partial charge in [-0.25, -0.2) is 9.78 Å². The smallest absolute Gasteiger partial charge is 0.343 e. The molecular formula is C26H30N6O3. The maximum atomic E-state index is 12.5. The Bertz CT molecular complexity index is 1330. The van der Waals surface area contributed by atoms with E-state index < -0.39 is 5.97 Å². The summed E-state index contributed by atoms with van der Waals surface area (Å²) in [6.07, 6.45) is 2.26. The minimum atomic E-state index is -0.426. The Hall–Kier alpha value is -4.01. The van der Waals surface area contributed by atoms with Gasteiger partial charge in [-0.05, 0) is 49.9 Å². The first kappa shape index (κ1) is 24.1. The fourth-order valence-electron chi connectivity index (χ4n) is 3.81. The summed E-state index contributed by atoms with van der Waals surface area (Å²) in [6, 6.07) is 14.2. The number of hydrogen-bond donors (Lipinski definition) is 2. The van der Waals surface area contributed by atoms with Gasteiger partial charge in [0.1, 0.15) is 11.6 Å². The fraction of sp³-hybridized carbons (Fsp3) is 0.346. The standard InChI is InChI=1S/C26H30N6O3/c1-17(2)15-23(33)27-13-7-8-14-28-24-25-31-30-18(3)32(25)22-12-11-20(16-21(22)29-24)35-26(34)19-9-5-4-6-10-19/h4-6,9-12,16-17H,7-8,13-15H2,1-3H3,(H,27,33)(H,28,29). The van der Waals surface area contributed by atoms with Gasteiger partial charge in [-0.15, -0.1) is 10.2 Å². The van der Waals surface area contributed by atoms with E-state index in [2.05, 4.69) is 20.8 Å². The van der Waals surface area contributed by atoms with Gasteiger partial charge >= 0.3 is 5.97 Å². The van der Waals surface area contributed by atoms with Crippen LogP contribution in [0.2, 0.25) is 0 Å². The summed E-state index contributed by atoms with van der Waals surface area (Å²) in [5, 5.41) is 14.8. The van der Waals surface area contributed by atoms with Crippen molar-refractivity contribution in [3.8, 4) is 5.75 Å². The summed E-state index contributed by atoms with van der Waals surface area (Å²) in [4.78, 5) is 29.0. The van der Waals surface area contributed by atoms with Crippen molar-refractivity contribution >= 4 is 34.4 Å². The predicted octanol–water partition coefficient (Wildman–Crippen LogP) is 4.16. The molecule has 0 saturated heterocycles. The molecule has 4 rings (SSSR count). The number of esters is 1. The molecule has 4 aromatic rings. The van der Waals surface area contributed by atoms with Gasteiger partial charge in [0, 0.05) is 25.6 Å². The van der Waals surface area contributed by atoms with Crippen LogP contribution in [-0.4, -0.2) is 44.5 Å². The van der Waals surface area contributed by atoms with Crippen molar-refractivity contribution in [1.29, 1.82) is 0 Å². The molecule has 2 N–H and O–H groups in total. The number of nitrogens with zero attached hydrogens (tertiary/aromatic N) is 4. The van der Waals surface area contributed by atoms with E-state index in [-0.39, 0.29) is 5.91 Å². The molecule has 0 saturated carbocycles. The molecular weight excluding hydrogens is 444 g/mol. The number of rotatable bonds is 10. The van der Waals surface area contributed by atoms with Gasteiger partial charge in [0.15, 0.2) is 5.82 Å². The van der Waals surface area contributed by atoms with Crippen molar-refractivity contribution in [2.45, 2.75) is 40.0 Å². The number of benzene rings is 2. The number of aromatic nitrogens is 4. The van der Waals surface area contributed by atoms with Crippen LogP contribution in [0.15, 0.2) is 48.5 Å². The highest BCUT2D eigenvalue weighted by atomic mass is 16.5. The van der Waals surface area contributed by atoms with Crippen molar-refractivity contribution in [1.82, 2.24) is 24.9 Å². The molecule has 2 aromatic heterocycles. The summed E-state index contributed by atoms with van der Waals surface area (Å²) in [6.45, 7) is 7.26. The SMILES string of the molecule is Cc1nnc2c(NCCCCNC(=O)CC(C)C)nc3cc(OC(=O)c4ccccc4)ccc3n12. The first-order valence-electron chi connectivity index (χ1n) is 11.9. The molecule has 182 valence electrons. The normalized spacial score (nSPS) is 11.2. The van der Waals surface area contributed by atoms with Gasteiger partial charge in [-0.3, -0.25) is 9.20 Å². The molecule has 9 nitrogen and oxygen atoms in total. The first-order valence-corrected chi connectivity index (χ1v) is 11.9. The van der Waals surface area contributed by atoms with E-state index in [1.54, 1.807) is 36.4 Å². The molecule has 2 aromatic carbocycles. The van der Waals surface area contributed by atoms with Crippen LogP contribution in [0.4, 0.5) is 5.82 Å². The lowest BCUT2D eigenvalue weighted by molar-refractivity contribution is -0.121. The van der Waals surface area contributed by atoms with Gasteiger partial charge in [0.2, 0.25) is 11.6 Å². The lowest BCUT2D eigenvalue weighted by Crippen LogP contribution is -2.25. The Labute approximate surface area is 203 Å². The van der Waals surface area contributed by atoms with E-state index in [1.807, 2.05) is 37.3 Å². The number of fused-ring (bicyclic) bond motifs is 3.